The van der Waals surface area contributed by atoms with Gasteiger partial charge in [0.25, 0.3) is 0 Å². The van der Waals surface area contributed by atoms with E-state index >= 15 is 0 Å². The summed E-state index contributed by atoms with van der Waals surface area (Å²) < 4.78 is 18.8. The molecule has 0 aliphatic carbocycles. The maximum absolute atomic E-state index is 13.5. The number of benzene rings is 2. The lowest BCUT2D eigenvalue weighted by Gasteiger charge is -2.28. The predicted octanol–water partition coefficient (Wildman–Crippen LogP) is 4.79. The van der Waals surface area contributed by atoms with Crippen molar-refractivity contribution >= 4 is 11.6 Å². The molecule has 0 saturated heterocycles. The second-order valence-electron chi connectivity index (χ2n) is 8.84. The van der Waals surface area contributed by atoms with Crippen LogP contribution in [0.4, 0.5) is 4.39 Å². The lowest BCUT2D eigenvalue weighted by molar-refractivity contribution is -0.135. The number of amides is 1. The van der Waals surface area contributed by atoms with E-state index in [0.29, 0.717) is 37.2 Å². The predicted molar refractivity (Wildman–Crippen MR) is 115 cm³/mol. The van der Waals surface area contributed by atoms with Gasteiger partial charge in [0.15, 0.2) is 6.10 Å². The van der Waals surface area contributed by atoms with Crippen molar-refractivity contribution in [2.45, 2.75) is 46.3 Å². The summed E-state index contributed by atoms with van der Waals surface area (Å²) >= 11 is 0. The van der Waals surface area contributed by atoms with Crippen molar-refractivity contribution in [3.63, 3.8) is 0 Å². The third-order valence-electron chi connectivity index (χ3n) is 4.86. The van der Waals surface area contributed by atoms with Crippen molar-refractivity contribution in [1.82, 2.24) is 4.90 Å². The molecule has 0 spiro atoms. The summed E-state index contributed by atoms with van der Waals surface area (Å²) in [5, 5.41) is 4.14. The zero-order valence-corrected chi connectivity index (χ0v) is 18.0. The zero-order chi connectivity index (χ0) is 21.7. The number of ether oxygens (including phenoxy) is 1. The first-order chi connectivity index (χ1) is 14.2. The molecule has 0 fully saturated rings. The van der Waals surface area contributed by atoms with Crippen LogP contribution in [0, 0.1) is 11.2 Å². The van der Waals surface area contributed by atoms with Crippen molar-refractivity contribution in [2.75, 3.05) is 13.7 Å². The molecule has 0 bridgehead atoms. The minimum Gasteiger partial charge on any atom is -0.497 e. The average molecular weight is 413 g/mol. The second-order valence-corrected chi connectivity index (χ2v) is 8.84. The summed E-state index contributed by atoms with van der Waals surface area (Å²) in [4.78, 5) is 20.5. The molecule has 2 aromatic rings. The Bertz CT molecular complexity index is 921. The van der Waals surface area contributed by atoms with Gasteiger partial charge in [-0.2, -0.15) is 0 Å². The van der Waals surface area contributed by atoms with Crippen LogP contribution in [0.5, 0.6) is 5.75 Å². The Kier molecular flexibility index (Phi) is 6.75. The largest absolute Gasteiger partial charge is 0.497 e. The SMILES string of the molecule is COc1cccc(CN(C[C@@H]2CC(c3cccc(F)c3)=NO2)C(=O)CC(C)(C)C)c1. The molecule has 0 radical (unpaired) electrons. The molecule has 0 saturated carbocycles. The molecule has 30 heavy (non-hydrogen) atoms. The summed E-state index contributed by atoms with van der Waals surface area (Å²) in [7, 11) is 1.62. The highest BCUT2D eigenvalue weighted by atomic mass is 19.1. The van der Waals surface area contributed by atoms with E-state index in [4.69, 9.17) is 9.57 Å². The lowest BCUT2D eigenvalue weighted by atomic mass is 9.91. The Morgan fingerprint density at radius 1 is 1.23 bits per heavy atom. The zero-order valence-electron chi connectivity index (χ0n) is 18.0. The van der Waals surface area contributed by atoms with Crippen molar-refractivity contribution in [3.05, 3.63) is 65.5 Å². The van der Waals surface area contributed by atoms with Crippen molar-refractivity contribution in [3.8, 4) is 5.75 Å². The van der Waals surface area contributed by atoms with Crippen LogP contribution in [0.1, 0.15) is 44.7 Å². The topological polar surface area (TPSA) is 51.1 Å². The second kappa shape index (κ2) is 9.28. The fourth-order valence-corrected chi connectivity index (χ4v) is 3.42. The normalized spacial score (nSPS) is 16.0. The van der Waals surface area contributed by atoms with Gasteiger partial charge in [0.1, 0.15) is 11.6 Å². The van der Waals surface area contributed by atoms with Crippen LogP contribution in [-0.4, -0.2) is 36.3 Å². The Labute approximate surface area is 177 Å². The quantitative estimate of drug-likeness (QED) is 0.657. The molecule has 0 aromatic heterocycles. The van der Waals surface area contributed by atoms with Crippen molar-refractivity contribution in [1.29, 1.82) is 0 Å². The molecule has 1 amide bonds. The molecule has 1 heterocycles. The molecule has 3 rings (SSSR count). The highest BCUT2D eigenvalue weighted by Gasteiger charge is 2.28. The van der Waals surface area contributed by atoms with Gasteiger partial charge in [0.2, 0.25) is 5.91 Å². The third-order valence-corrected chi connectivity index (χ3v) is 4.86. The third kappa shape index (κ3) is 6.05. The molecule has 2 aromatic carbocycles. The number of carbonyl (C=O) groups excluding carboxylic acids is 1. The molecule has 160 valence electrons. The van der Waals surface area contributed by atoms with Gasteiger partial charge in [-0.15, -0.1) is 0 Å². The van der Waals surface area contributed by atoms with Crippen molar-refractivity contribution < 1.29 is 18.8 Å². The van der Waals surface area contributed by atoms with E-state index in [9.17, 15) is 9.18 Å². The molecule has 6 heteroatoms. The number of hydrogen-bond acceptors (Lipinski definition) is 4. The summed E-state index contributed by atoms with van der Waals surface area (Å²) in [6.45, 7) is 7.01. The first-order valence-electron chi connectivity index (χ1n) is 10.1. The lowest BCUT2D eigenvalue weighted by Crippen LogP contribution is -2.38. The monoisotopic (exact) mass is 412 g/mol. The highest BCUT2D eigenvalue weighted by Crippen LogP contribution is 2.24. The molecule has 5 nitrogen and oxygen atoms in total. The smallest absolute Gasteiger partial charge is 0.223 e. The van der Waals surface area contributed by atoms with Gasteiger partial charge in [-0.3, -0.25) is 4.79 Å². The summed E-state index contributed by atoms with van der Waals surface area (Å²) in [6, 6.07) is 14.0. The van der Waals surface area contributed by atoms with Crippen molar-refractivity contribution in [2.24, 2.45) is 10.6 Å². The van der Waals surface area contributed by atoms with E-state index in [1.165, 1.54) is 12.1 Å². The van der Waals surface area contributed by atoms with Gasteiger partial charge in [-0.1, -0.05) is 50.2 Å². The Morgan fingerprint density at radius 2 is 2.00 bits per heavy atom. The van der Waals surface area contributed by atoms with Crippen LogP contribution in [0.25, 0.3) is 0 Å². The van der Waals surface area contributed by atoms with Crippen LogP contribution in [0.15, 0.2) is 53.7 Å². The number of nitrogens with zero attached hydrogens (tertiary/aromatic N) is 2. The van der Waals surface area contributed by atoms with Crippen LogP contribution in [-0.2, 0) is 16.2 Å². The fraction of sp³-hybridized carbons (Fsp3) is 0.417. The molecule has 1 atom stereocenters. The number of halogens is 1. The van der Waals surface area contributed by atoms with E-state index < -0.39 is 0 Å². The van der Waals surface area contributed by atoms with Gasteiger partial charge in [0, 0.05) is 24.9 Å². The van der Waals surface area contributed by atoms with E-state index in [0.717, 1.165) is 11.3 Å². The van der Waals surface area contributed by atoms with Gasteiger partial charge in [-0.05, 0) is 35.2 Å². The maximum atomic E-state index is 13.5. The van der Waals surface area contributed by atoms with E-state index in [1.54, 1.807) is 13.2 Å². The van der Waals surface area contributed by atoms with Crippen LogP contribution >= 0.6 is 0 Å². The maximum Gasteiger partial charge on any atom is 0.223 e. The van der Waals surface area contributed by atoms with Crippen LogP contribution in [0.2, 0.25) is 0 Å². The number of hydrogen-bond donors (Lipinski definition) is 0. The Morgan fingerprint density at radius 3 is 2.70 bits per heavy atom. The fourth-order valence-electron chi connectivity index (χ4n) is 3.42. The minimum absolute atomic E-state index is 0.0631. The number of methoxy groups -OCH3 is 1. The Balaban J connectivity index is 1.71. The number of rotatable bonds is 7. The minimum atomic E-state index is -0.307. The van der Waals surface area contributed by atoms with Crippen LogP contribution < -0.4 is 4.74 Å². The van der Waals surface area contributed by atoms with Gasteiger partial charge < -0.3 is 14.5 Å². The number of carbonyl (C=O) groups is 1. The molecule has 0 N–H and O–H groups in total. The Hall–Kier alpha value is -2.89. The standard InChI is InChI=1S/C24H29FN2O3/c1-24(2,3)14-23(28)27(15-17-7-5-10-20(11-17)29-4)16-21-13-22(26-30-21)18-8-6-9-19(25)12-18/h5-12,21H,13-16H2,1-4H3/t21-/m0/s1. The molecule has 1 aliphatic rings. The van der Waals surface area contributed by atoms with Gasteiger partial charge in [-0.25, -0.2) is 4.39 Å². The van der Waals surface area contributed by atoms with E-state index in [2.05, 4.69) is 5.16 Å². The average Bonchev–Trinajstić information content (AvgIpc) is 3.15. The highest BCUT2D eigenvalue weighted by molar-refractivity contribution is 6.01. The van der Waals surface area contributed by atoms with E-state index in [-0.39, 0.29) is 23.2 Å². The number of oxime groups is 1. The van der Waals surface area contributed by atoms with Gasteiger partial charge >= 0.3 is 0 Å². The molecule has 1 aliphatic heterocycles. The van der Waals surface area contributed by atoms with E-state index in [1.807, 2.05) is 56.0 Å². The molecule has 0 unspecified atom stereocenters. The first kappa shape index (κ1) is 21.8. The van der Waals surface area contributed by atoms with Crippen LogP contribution in [0.3, 0.4) is 0 Å². The summed E-state index contributed by atoms with van der Waals surface area (Å²) in [5.74, 6) is 0.511. The van der Waals surface area contributed by atoms with Gasteiger partial charge in [0.05, 0.1) is 19.4 Å². The molecular weight excluding hydrogens is 383 g/mol. The summed E-state index contributed by atoms with van der Waals surface area (Å²) in [6.07, 6.45) is 0.695. The summed E-state index contributed by atoms with van der Waals surface area (Å²) in [5.41, 5.74) is 2.27. The molecular formula is C24H29FN2O3. The first-order valence-corrected chi connectivity index (χ1v) is 10.1.